The van der Waals surface area contributed by atoms with Crippen molar-refractivity contribution >= 4 is 0 Å². The zero-order valence-corrected chi connectivity index (χ0v) is 11.5. The Kier molecular flexibility index (Phi) is 5.86. The summed E-state index contributed by atoms with van der Waals surface area (Å²) in [5.74, 6) is 0.833. The van der Waals surface area contributed by atoms with Gasteiger partial charge in [-0.3, -0.25) is 0 Å². The number of nitrogens with zero attached hydrogens (tertiary/aromatic N) is 1. The molecule has 0 aromatic heterocycles. The Balaban J connectivity index is 2.09. The normalized spacial score (nSPS) is 21.5. The second kappa shape index (κ2) is 6.69. The van der Waals surface area contributed by atoms with Gasteiger partial charge in [0.1, 0.15) is 0 Å². The van der Waals surface area contributed by atoms with Crippen molar-refractivity contribution in [2.75, 3.05) is 33.4 Å². The van der Waals surface area contributed by atoms with Crippen LogP contribution < -0.4 is 5.73 Å². The number of ether oxygens (including phenoxy) is 1. The minimum atomic E-state index is -0.484. The van der Waals surface area contributed by atoms with Gasteiger partial charge in [0.05, 0.1) is 13.2 Å². The van der Waals surface area contributed by atoms with E-state index in [1.165, 1.54) is 12.8 Å². The van der Waals surface area contributed by atoms with Gasteiger partial charge in [0.25, 0.3) is 0 Å². The van der Waals surface area contributed by atoms with Gasteiger partial charge in [-0.15, -0.1) is 0 Å². The highest BCUT2D eigenvalue weighted by molar-refractivity contribution is 4.82. The summed E-state index contributed by atoms with van der Waals surface area (Å²) in [6.07, 6.45) is 3.48. The zero-order valence-electron chi connectivity index (χ0n) is 11.5. The van der Waals surface area contributed by atoms with Crippen LogP contribution in [-0.2, 0) is 4.74 Å². The molecule has 0 aliphatic heterocycles. The molecule has 4 heteroatoms. The first kappa shape index (κ1) is 14.9. The molecule has 1 saturated carbocycles. The molecule has 0 amide bonds. The molecular formula is C13H28N2O2. The van der Waals surface area contributed by atoms with Gasteiger partial charge in [-0.25, -0.2) is 0 Å². The molecule has 0 bridgehead atoms. The quantitative estimate of drug-likeness (QED) is 0.590. The number of aliphatic hydroxyl groups excluding tert-OH is 1. The molecule has 1 rings (SSSR count). The lowest BCUT2D eigenvalue weighted by atomic mass is 9.95. The number of rotatable bonds is 9. The highest BCUT2D eigenvalue weighted by atomic mass is 16.5. The smallest absolute Gasteiger partial charge is 0.0609 e. The standard InChI is InChI=1S/C13H28N2O2/c1-11(8-13(2,14)10-16)15(3)6-7-17-9-12-4-5-12/h11-12,16H,4-10,14H2,1-3H3. The first-order chi connectivity index (χ1) is 7.94. The van der Waals surface area contributed by atoms with E-state index in [-0.39, 0.29) is 6.61 Å². The van der Waals surface area contributed by atoms with E-state index in [1.807, 2.05) is 6.92 Å². The maximum absolute atomic E-state index is 9.14. The van der Waals surface area contributed by atoms with Gasteiger partial charge in [0.15, 0.2) is 0 Å². The van der Waals surface area contributed by atoms with Crippen molar-refractivity contribution < 1.29 is 9.84 Å². The predicted octanol–water partition coefficient (Wildman–Crippen LogP) is 0.833. The third-order valence-electron chi connectivity index (χ3n) is 3.51. The second-order valence-electron chi connectivity index (χ2n) is 5.86. The molecule has 0 spiro atoms. The summed E-state index contributed by atoms with van der Waals surface area (Å²) >= 11 is 0. The molecular weight excluding hydrogens is 216 g/mol. The van der Waals surface area contributed by atoms with E-state index in [4.69, 9.17) is 15.6 Å². The first-order valence-electron chi connectivity index (χ1n) is 6.62. The molecule has 3 N–H and O–H groups in total. The van der Waals surface area contributed by atoms with Crippen LogP contribution in [0.2, 0.25) is 0 Å². The Morgan fingerprint density at radius 2 is 2.18 bits per heavy atom. The molecule has 4 nitrogen and oxygen atoms in total. The number of hydrogen-bond acceptors (Lipinski definition) is 4. The summed E-state index contributed by atoms with van der Waals surface area (Å²) in [6, 6.07) is 0.363. The fourth-order valence-electron chi connectivity index (χ4n) is 1.86. The van der Waals surface area contributed by atoms with E-state index < -0.39 is 5.54 Å². The number of aliphatic hydroxyl groups is 1. The lowest BCUT2D eigenvalue weighted by molar-refractivity contribution is 0.0843. The molecule has 2 unspecified atom stereocenters. The Hall–Kier alpha value is -0.160. The summed E-state index contributed by atoms with van der Waals surface area (Å²) in [5, 5.41) is 9.14. The van der Waals surface area contributed by atoms with E-state index in [1.54, 1.807) is 0 Å². The van der Waals surface area contributed by atoms with Gasteiger partial charge in [-0.05, 0) is 46.1 Å². The summed E-state index contributed by atoms with van der Waals surface area (Å²) in [4.78, 5) is 2.24. The van der Waals surface area contributed by atoms with E-state index in [2.05, 4.69) is 18.9 Å². The molecule has 0 radical (unpaired) electrons. The summed E-state index contributed by atoms with van der Waals surface area (Å²) < 4.78 is 5.61. The number of hydrogen-bond donors (Lipinski definition) is 2. The highest BCUT2D eigenvalue weighted by Gasteiger charge is 2.23. The Morgan fingerprint density at radius 3 is 2.71 bits per heavy atom. The number of likely N-dealkylation sites (N-methyl/N-ethyl adjacent to an activating group) is 1. The first-order valence-corrected chi connectivity index (χ1v) is 6.62. The van der Waals surface area contributed by atoms with Crippen molar-refractivity contribution in [3.05, 3.63) is 0 Å². The molecule has 102 valence electrons. The minimum Gasteiger partial charge on any atom is -0.394 e. The van der Waals surface area contributed by atoms with Crippen LogP contribution in [0, 0.1) is 5.92 Å². The topological polar surface area (TPSA) is 58.7 Å². The Labute approximate surface area is 105 Å². The van der Waals surface area contributed by atoms with Crippen molar-refractivity contribution in [2.45, 2.75) is 44.7 Å². The predicted molar refractivity (Wildman–Crippen MR) is 69.9 cm³/mol. The summed E-state index contributed by atoms with van der Waals surface area (Å²) in [7, 11) is 2.08. The molecule has 1 aliphatic carbocycles. The van der Waals surface area contributed by atoms with Crippen molar-refractivity contribution in [3.63, 3.8) is 0 Å². The molecule has 0 saturated heterocycles. The van der Waals surface area contributed by atoms with Gasteiger partial charge in [-0.2, -0.15) is 0 Å². The van der Waals surface area contributed by atoms with Crippen molar-refractivity contribution in [1.82, 2.24) is 4.90 Å². The molecule has 0 aromatic carbocycles. The molecule has 17 heavy (non-hydrogen) atoms. The average molecular weight is 244 g/mol. The van der Waals surface area contributed by atoms with Gasteiger partial charge in [0, 0.05) is 24.7 Å². The lowest BCUT2D eigenvalue weighted by Crippen LogP contribution is -2.46. The third-order valence-corrected chi connectivity index (χ3v) is 3.51. The van der Waals surface area contributed by atoms with Crippen LogP contribution in [0.15, 0.2) is 0 Å². The van der Waals surface area contributed by atoms with Crippen molar-refractivity contribution in [2.24, 2.45) is 11.7 Å². The van der Waals surface area contributed by atoms with Gasteiger partial charge >= 0.3 is 0 Å². The summed E-state index contributed by atoms with van der Waals surface area (Å²) in [6.45, 7) is 6.70. The van der Waals surface area contributed by atoms with Crippen molar-refractivity contribution in [1.29, 1.82) is 0 Å². The van der Waals surface area contributed by atoms with Crippen LogP contribution in [0.4, 0.5) is 0 Å². The summed E-state index contributed by atoms with van der Waals surface area (Å²) in [5.41, 5.74) is 5.47. The molecule has 0 heterocycles. The lowest BCUT2D eigenvalue weighted by Gasteiger charge is -2.31. The van der Waals surface area contributed by atoms with Crippen LogP contribution >= 0.6 is 0 Å². The van der Waals surface area contributed by atoms with Crippen LogP contribution in [0.1, 0.15) is 33.1 Å². The largest absolute Gasteiger partial charge is 0.394 e. The average Bonchev–Trinajstić information content (AvgIpc) is 3.07. The van der Waals surface area contributed by atoms with Crippen molar-refractivity contribution in [3.8, 4) is 0 Å². The van der Waals surface area contributed by atoms with Crippen LogP contribution in [0.25, 0.3) is 0 Å². The molecule has 2 atom stereocenters. The maximum Gasteiger partial charge on any atom is 0.0609 e. The SMILES string of the molecule is CC(CC(C)(N)CO)N(C)CCOCC1CC1. The van der Waals surface area contributed by atoms with Gasteiger partial charge < -0.3 is 20.5 Å². The second-order valence-corrected chi connectivity index (χ2v) is 5.86. The van der Waals surface area contributed by atoms with E-state index >= 15 is 0 Å². The van der Waals surface area contributed by atoms with Crippen LogP contribution in [0.3, 0.4) is 0 Å². The van der Waals surface area contributed by atoms with Crippen LogP contribution in [-0.4, -0.2) is 55.0 Å². The molecule has 1 fully saturated rings. The third kappa shape index (κ3) is 6.36. The van der Waals surface area contributed by atoms with E-state index in [9.17, 15) is 0 Å². The zero-order chi connectivity index (χ0) is 12.9. The fraction of sp³-hybridized carbons (Fsp3) is 1.00. The molecule has 0 aromatic rings. The van der Waals surface area contributed by atoms with Gasteiger partial charge in [-0.1, -0.05) is 0 Å². The Bertz CT molecular complexity index is 217. The van der Waals surface area contributed by atoms with E-state index in [0.29, 0.717) is 6.04 Å². The van der Waals surface area contributed by atoms with Gasteiger partial charge in [0.2, 0.25) is 0 Å². The Morgan fingerprint density at radius 1 is 1.53 bits per heavy atom. The maximum atomic E-state index is 9.14. The highest BCUT2D eigenvalue weighted by Crippen LogP contribution is 2.28. The number of nitrogens with two attached hydrogens (primary N) is 1. The fourth-order valence-corrected chi connectivity index (χ4v) is 1.86. The monoisotopic (exact) mass is 244 g/mol. The minimum absolute atomic E-state index is 0.0311. The van der Waals surface area contributed by atoms with Crippen LogP contribution in [0.5, 0.6) is 0 Å². The molecule has 1 aliphatic rings. The van der Waals surface area contributed by atoms with E-state index in [0.717, 1.165) is 32.1 Å².